The highest BCUT2D eigenvalue weighted by molar-refractivity contribution is 7.22. The van der Waals surface area contributed by atoms with Crippen LogP contribution in [0.5, 0.6) is 17.2 Å². The number of ether oxygens (including phenoxy) is 3. The van der Waals surface area contributed by atoms with Crippen LogP contribution in [-0.4, -0.2) is 42.1 Å². The summed E-state index contributed by atoms with van der Waals surface area (Å²) in [6.45, 7) is 6.42. The molecule has 1 fully saturated rings. The molecule has 0 bridgehead atoms. The molecule has 1 amide bonds. The van der Waals surface area contributed by atoms with E-state index in [9.17, 15) is 14.7 Å². The number of thiazole rings is 1. The number of aliphatic hydroxyl groups is 1. The fourth-order valence-corrected chi connectivity index (χ4v) is 5.70. The van der Waals surface area contributed by atoms with Gasteiger partial charge in [0.2, 0.25) is 0 Å². The van der Waals surface area contributed by atoms with E-state index < -0.39 is 17.7 Å². The van der Waals surface area contributed by atoms with E-state index in [2.05, 4.69) is 4.98 Å². The summed E-state index contributed by atoms with van der Waals surface area (Å²) in [6, 6.07) is 17.1. The van der Waals surface area contributed by atoms with Gasteiger partial charge in [-0.25, -0.2) is 4.98 Å². The lowest BCUT2D eigenvalue weighted by Gasteiger charge is -2.23. The number of ketones is 1. The number of carbonyl (C=O) groups excluding carboxylic acids is 2. The Morgan fingerprint density at radius 3 is 2.49 bits per heavy atom. The van der Waals surface area contributed by atoms with E-state index in [1.165, 1.54) is 16.2 Å². The standard InChI is InChI=1S/C30H28N2O6S/c1-5-37-20-10-12-21(23(15-20)38-6-2)27(33)25-26(18-9-7-8-17(3)14-18)32(29(35)28(25)34)30-31-22-13-11-19(36-4)16-24(22)39-30/h7-16,26,33H,5-6H2,1-4H3/b27-25+. The molecule has 4 aromatic rings. The van der Waals surface area contributed by atoms with Crippen LogP contribution in [0.3, 0.4) is 0 Å². The molecule has 3 aromatic carbocycles. The van der Waals surface area contributed by atoms with Crippen LogP contribution >= 0.6 is 11.3 Å². The average Bonchev–Trinajstić information content (AvgIpc) is 3.46. The third kappa shape index (κ3) is 4.81. The number of aryl methyl sites for hydroxylation is 1. The Bertz CT molecular complexity index is 1610. The second kappa shape index (κ2) is 10.8. The predicted octanol–water partition coefficient (Wildman–Crippen LogP) is 6.04. The first-order valence-corrected chi connectivity index (χ1v) is 13.4. The van der Waals surface area contributed by atoms with Gasteiger partial charge in [0.15, 0.2) is 5.13 Å². The molecule has 1 aliphatic rings. The van der Waals surface area contributed by atoms with Crippen LogP contribution < -0.4 is 19.1 Å². The fraction of sp³-hybridized carbons (Fsp3) is 0.233. The normalized spacial score (nSPS) is 16.6. The first-order valence-electron chi connectivity index (χ1n) is 12.6. The lowest BCUT2D eigenvalue weighted by Crippen LogP contribution is -2.29. The molecule has 1 saturated heterocycles. The van der Waals surface area contributed by atoms with Crippen LogP contribution in [0, 0.1) is 6.92 Å². The van der Waals surface area contributed by atoms with Crippen LogP contribution in [0.4, 0.5) is 5.13 Å². The molecule has 0 saturated carbocycles. The van der Waals surface area contributed by atoms with E-state index in [-0.39, 0.29) is 11.3 Å². The highest BCUT2D eigenvalue weighted by Crippen LogP contribution is 2.45. The molecular weight excluding hydrogens is 516 g/mol. The lowest BCUT2D eigenvalue weighted by molar-refractivity contribution is -0.132. The highest BCUT2D eigenvalue weighted by atomic mass is 32.1. The van der Waals surface area contributed by atoms with Gasteiger partial charge in [0.1, 0.15) is 23.0 Å². The van der Waals surface area contributed by atoms with Gasteiger partial charge >= 0.3 is 5.91 Å². The molecule has 39 heavy (non-hydrogen) atoms. The second-order valence-electron chi connectivity index (χ2n) is 8.94. The van der Waals surface area contributed by atoms with E-state index in [1.54, 1.807) is 37.4 Å². The molecule has 0 spiro atoms. The molecule has 0 radical (unpaired) electrons. The molecule has 9 heteroatoms. The number of hydrogen-bond acceptors (Lipinski definition) is 8. The fourth-order valence-electron chi connectivity index (χ4n) is 4.68. The minimum absolute atomic E-state index is 0.0347. The smallest absolute Gasteiger partial charge is 0.301 e. The topological polar surface area (TPSA) is 98.2 Å². The Morgan fingerprint density at radius 2 is 1.77 bits per heavy atom. The Hall–Kier alpha value is -4.37. The Kier molecular flexibility index (Phi) is 7.26. The third-order valence-corrected chi connectivity index (χ3v) is 7.43. The molecule has 200 valence electrons. The van der Waals surface area contributed by atoms with Crippen molar-refractivity contribution in [3.63, 3.8) is 0 Å². The van der Waals surface area contributed by atoms with E-state index in [0.717, 1.165) is 10.3 Å². The van der Waals surface area contributed by atoms with Crippen molar-refractivity contribution in [1.82, 2.24) is 4.98 Å². The van der Waals surface area contributed by atoms with Crippen LogP contribution in [0.25, 0.3) is 16.0 Å². The third-order valence-electron chi connectivity index (χ3n) is 6.41. The van der Waals surface area contributed by atoms with Crippen molar-refractivity contribution < 1.29 is 28.9 Å². The SMILES string of the molecule is CCOc1ccc(/C(O)=C2\C(=O)C(=O)N(c3nc4ccc(OC)cc4s3)C2c2cccc(C)c2)c(OCC)c1. The Labute approximate surface area is 230 Å². The van der Waals surface area contributed by atoms with E-state index >= 15 is 0 Å². The molecule has 5 rings (SSSR count). The van der Waals surface area contributed by atoms with Gasteiger partial charge in [-0.05, 0) is 56.7 Å². The minimum atomic E-state index is -0.895. The zero-order valence-corrected chi connectivity index (χ0v) is 22.9. The second-order valence-corrected chi connectivity index (χ2v) is 9.95. The number of nitrogens with zero attached hydrogens (tertiary/aromatic N) is 2. The number of methoxy groups -OCH3 is 1. The summed E-state index contributed by atoms with van der Waals surface area (Å²) in [5, 5.41) is 12.0. The molecular formula is C30H28N2O6S. The van der Waals surface area contributed by atoms with Crippen LogP contribution in [0.1, 0.15) is 36.6 Å². The number of benzene rings is 3. The summed E-state index contributed by atoms with van der Waals surface area (Å²) in [6.07, 6.45) is 0. The van der Waals surface area contributed by atoms with Gasteiger partial charge in [-0.3, -0.25) is 14.5 Å². The first-order chi connectivity index (χ1) is 18.9. The average molecular weight is 545 g/mol. The first kappa shape index (κ1) is 26.2. The lowest BCUT2D eigenvalue weighted by atomic mass is 9.94. The monoisotopic (exact) mass is 544 g/mol. The van der Waals surface area contributed by atoms with Gasteiger partial charge in [-0.2, -0.15) is 0 Å². The van der Waals surface area contributed by atoms with Crippen molar-refractivity contribution in [2.24, 2.45) is 0 Å². The number of amides is 1. The summed E-state index contributed by atoms with van der Waals surface area (Å²) in [5.74, 6) is -0.309. The van der Waals surface area contributed by atoms with Gasteiger partial charge in [0.25, 0.3) is 5.78 Å². The summed E-state index contributed by atoms with van der Waals surface area (Å²) in [5.41, 5.74) is 2.56. The van der Waals surface area contributed by atoms with Gasteiger partial charge in [-0.1, -0.05) is 41.2 Å². The van der Waals surface area contributed by atoms with Gasteiger partial charge in [-0.15, -0.1) is 0 Å². The maximum absolute atomic E-state index is 13.6. The van der Waals surface area contributed by atoms with Crippen molar-refractivity contribution >= 4 is 44.1 Å². The molecule has 8 nitrogen and oxygen atoms in total. The van der Waals surface area contributed by atoms with Crippen molar-refractivity contribution in [3.8, 4) is 17.2 Å². The summed E-state index contributed by atoms with van der Waals surface area (Å²) < 4.78 is 17.5. The Balaban J connectivity index is 1.72. The number of aromatic nitrogens is 1. The maximum atomic E-state index is 13.6. The van der Waals surface area contributed by atoms with E-state index in [4.69, 9.17) is 14.2 Å². The molecule has 1 unspecified atom stereocenters. The number of anilines is 1. The number of aliphatic hydroxyl groups excluding tert-OH is 1. The quantitative estimate of drug-likeness (QED) is 0.164. The molecule has 0 aliphatic carbocycles. The van der Waals surface area contributed by atoms with Crippen molar-refractivity contribution in [1.29, 1.82) is 0 Å². The summed E-state index contributed by atoms with van der Waals surface area (Å²) in [7, 11) is 1.58. The van der Waals surface area contributed by atoms with Crippen LogP contribution in [-0.2, 0) is 9.59 Å². The van der Waals surface area contributed by atoms with Gasteiger partial charge in [0, 0.05) is 6.07 Å². The highest BCUT2D eigenvalue weighted by Gasteiger charge is 2.48. The number of fused-ring (bicyclic) bond motifs is 1. The van der Waals surface area contributed by atoms with Crippen molar-refractivity contribution in [2.75, 3.05) is 25.2 Å². The van der Waals surface area contributed by atoms with Crippen molar-refractivity contribution in [2.45, 2.75) is 26.8 Å². The molecule has 1 aromatic heterocycles. The molecule has 1 N–H and O–H groups in total. The number of carbonyl (C=O) groups is 2. The molecule has 1 aliphatic heterocycles. The van der Waals surface area contributed by atoms with Crippen molar-refractivity contribution in [3.05, 3.63) is 82.9 Å². The number of hydrogen-bond donors (Lipinski definition) is 1. The molecule has 1 atom stereocenters. The zero-order valence-electron chi connectivity index (χ0n) is 22.1. The summed E-state index contributed by atoms with van der Waals surface area (Å²) in [4.78, 5) is 33.2. The zero-order chi connectivity index (χ0) is 27.7. The number of Topliss-reactive ketones (excluding diaryl/α,β-unsaturated/α-hetero) is 1. The Morgan fingerprint density at radius 1 is 1.00 bits per heavy atom. The van der Waals surface area contributed by atoms with Gasteiger partial charge < -0.3 is 19.3 Å². The largest absolute Gasteiger partial charge is 0.507 e. The van der Waals surface area contributed by atoms with E-state index in [0.29, 0.717) is 52.2 Å². The van der Waals surface area contributed by atoms with Crippen LogP contribution in [0.2, 0.25) is 0 Å². The van der Waals surface area contributed by atoms with Crippen LogP contribution in [0.15, 0.2) is 66.2 Å². The minimum Gasteiger partial charge on any atom is -0.507 e. The maximum Gasteiger partial charge on any atom is 0.301 e. The molecule has 2 heterocycles. The predicted molar refractivity (Wildman–Crippen MR) is 151 cm³/mol. The summed E-state index contributed by atoms with van der Waals surface area (Å²) >= 11 is 1.28. The van der Waals surface area contributed by atoms with Gasteiger partial charge in [0.05, 0.1) is 47.7 Å². The van der Waals surface area contributed by atoms with E-state index in [1.807, 2.05) is 51.1 Å². The number of rotatable bonds is 8.